The normalized spacial score (nSPS) is 12.2. The fraction of sp³-hybridized carbons (Fsp3) is 0.222. The second kappa shape index (κ2) is 4.49. The monoisotopic (exact) mass is 218 g/mol. The quantitative estimate of drug-likeness (QED) is 0.730. The van der Waals surface area contributed by atoms with Gasteiger partial charge in [-0.2, -0.15) is 0 Å². The van der Waals surface area contributed by atoms with E-state index in [4.69, 9.17) is 27.9 Å². The topological polar surface area (TPSA) is 26.3 Å². The van der Waals surface area contributed by atoms with Gasteiger partial charge < -0.3 is 4.74 Å². The number of rotatable bonds is 3. The molecule has 70 valence electrons. The number of ether oxygens (including phenoxy) is 1. The summed E-state index contributed by atoms with van der Waals surface area (Å²) in [5.74, 6) is 0.302. The van der Waals surface area contributed by atoms with Crippen LogP contribution in [0.15, 0.2) is 24.3 Å². The molecule has 0 N–H and O–H groups in total. The highest BCUT2D eigenvalue weighted by atomic mass is 35.5. The average Bonchev–Trinajstić information content (AvgIpc) is 2.08. The molecule has 4 heteroatoms. The van der Waals surface area contributed by atoms with E-state index in [1.807, 2.05) is 0 Å². The second-order valence-corrected chi connectivity index (χ2v) is 3.33. The summed E-state index contributed by atoms with van der Waals surface area (Å²) in [6.07, 6.45) is 0. The lowest BCUT2D eigenvalue weighted by molar-refractivity contribution is -0.120. The molecule has 13 heavy (non-hydrogen) atoms. The van der Waals surface area contributed by atoms with Gasteiger partial charge in [-0.15, -0.1) is 0 Å². The predicted octanol–water partition coefficient (Wildman–Crippen LogP) is 2.87. The van der Waals surface area contributed by atoms with Crippen LogP contribution >= 0.6 is 23.2 Å². The molecule has 0 aliphatic carbocycles. The van der Waals surface area contributed by atoms with Crippen molar-refractivity contribution in [2.45, 2.75) is 12.5 Å². The molecule has 0 aliphatic heterocycles. The number of carbonyl (C=O) groups is 1. The highest BCUT2D eigenvalue weighted by Crippen LogP contribution is 2.17. The van der Waals surface area contributed by atoms with E-state index in [2.05, 4.69) is 0 Å². The molecule has 0 saturated heterocycles. The number of Topliss-reactive ketones (excluding diaryl/α,β-unsaturated/α-hetero) is 1. The first-order valence-electron chi connectivity index (χ1n) is 3.66. The van der Waals surface area contributed by atoms with Crippen LogP contribution < -0.4 is 4.74 Å². The van der Waals surface area contributed by atoms with Gasteiger partial charge in [0.2, 0.25) is 5.56 Å². The molecule has 1 aromatic carbocycles. The highest BCUT2D eigenvalue weighted by Gasteiger charge is 2.10. The number of hydrogen-bond acceptors (Lipinski definition) is 2. The molecule has 1 rings (SSSR count). The molecule has 0 bridgehead atoms. The van der Waals surface area contributed by atoms with Crippen LogP contribution in [0.2, 0.25) is 5.02 Å². The molecule has 0 fully saturated rings. The van der Waals surface area contributed by atoms with Crippen molar-refractivity contribution in [2.75, 3.05) is 0 Å². The molecule has 0 aliphatic rings. The average molecular weight is 219 g/mol. The van der Waals surface area contributed by atoms with Crippen molar-refractivity contribution in [3.05, 3.63) is 29.3 Å². The smallest absolute Gasteiger partial charge is 0.229 e. The maximum absolute atomic E-state index is 10.7. The molecule has 1 unspecified atom stereocenters. The van der Waals surface area contributed by atoms with Crippen molar-refractivity contribution in [3.63, 3.8) is 0 Å². The summed E-state index contributed by atoms with van der Waals surface area (Å²) in [6.45, 7) is 1.37. The third-order valence-electron chi connectivity index (χ3n) is 1.37. The lowest BCUT2D eigenvalue weighted by atomic mass is 10.3. The molecule has 1 aromatic rings. The van der Waals surface area contributed by atoms with Crippen molar-refractivity contribution in [1.82, 2.24) is 0 Å². The summed E-state index contributed by atoms with van der Waals surface area (Å²) in [7, 11) is 0. The Morgan fingerprint density at radius 1 is 1.38 bits per heavy atom. The van der Waals surface area contributed by atoms with E-state index in [0.29, 0.717) is 10.8 Å². The van der Waals surface area contributed by atoms with Crippen molar-refractivity contribution < 1.29 is 9.53 Å². The van der Waals surface area contributed by atoms with Gasteiger partial charge in [0, 0.05) is 5.02 Å². The number of halogens is 2. The predicted molar refractivity (Wildman–Crippen MR) is 52.4 cm³/mol. The van der Waals surface area contributed by atoms with Crippen molar-refractivity contribution in [2.24, 2.45) is 0 Å². The maximum Gasteiger partial charge on any atom is 0.229 e. The van der Waals surface area contributed by atoms with E-state index in [0.717, 1.165) is 0 Å². The van der Waals surface area contributed by atoms with E-state index in [1.54, 1.807) is 24.3 Å². The van der Waals surface area contributed by atoms with Gasteiger partial charge in [-0.05, 0) is 31.2 Å². The summed E-state index contributed by atoms with van der Waals surface area (Å²) in [5.41, 5.74) is -0.929. The maximum atomic E-state index is 10.7. The number of alkyl halides is 1. The second-order valence-electron chi connectivity index (χ2n) is 2.50. The van der Waals surface area contributed by atoms with Crippen LogP contribution in [-0.2, 0) is 4.79 Å². The third kappa shape index (κ3) is 3.25. The minimum atomic E-state index is -0.929. The number of benzene rings is 1. The Labute approximate surface area is 86.4 Å². The molecule has 2 nitrogen and oxygen atoms in total. The molecule has 0 spiro atoms. The fourth-order valence-corrected chi connectivity index (χ4v) is 0.944. The molecular weight excluding hydrogens is 211 g/mol. The summed E-state index contributed by atoms with van der Waals surface area (Å²) in [6, 6.07) is 6.64. The number of ketones is 1. The Bertz CT molecular complexity index is 295. The minimum Gasteiger partial charge on any atom is -0.467 e. The van der Waals surface area contributed by atoms with Gasteiger partial charge >= 0.3 is 0 Å². The zero-order valence-corrected chi connectivity index (χ0v) is 8.47. The van der Waals surface area contributed by atoms with Crippen molar-refractivity contribution in [1.29, 1.82) is 0 Å². The summed E-state index contributed by atoms with van der Waals surface area (Å²) < 4.78 is 5.09. The summed E-state index contributed by atoms with van der Waals surface area (Å²) in [5, 5.41) is 0.612. The Hall–Kier alpha value is -0.730. The molecular formula is C9H8Cl2O2. The van der Waals surface area contributed by atoms with Crippen LogP contribution in [0.4, 0.5) is 0 Å². The number of carbonyl (C=O) groups excluding carboxylic acids is 1. The molecule has 1 atom stereocenters. The van der Waals surface area contributed by atoms with E-state index < -0.39 is 5.56 Å². The van der Waals surface area contributed by atoms with Gasteiger partial charge in [0.05, 0.1) is 0 Å². The lowest BCUT2D eigenvalue weighted by Crippen LogP contribution is -2.17. The largest absolute Gasteiger partial charge is 0.467 e. The fourth-order valence-electron chi connectivity index (χ4n) is 0.716. The molecule has 0 saturated carbocycles. The molecule has 0 radical (unpaired) electrons. The SMILES string of the molecule is CC(=O)C(Cl)Oc1ccc(Cl)cc1. The van der Waals surface area contributed by atoms with Gasteiger partial charge in [-0.1, -0.05) is 23.2 Å². The Balaban J connectivity index is 2.64. The van der Waals surface area contributed by atoms with Crippen LogP contribution in [0.5, 0.6) is 5.75 Å². The van der Waals surface area contributed by atoms with E-state index >= 15 is 0 Å². The van der Waals surface area contributed by atoms with Crippen LogP contribution in [0.25, 0.3) is 0 Å². The summed E-state index contributed by atoms with van der Waals surface area (Å²) in [4.78, 5) is 10.7. The highest BCUT2D eigenvalue weighted by molar-refractivity contribution is 6.30. The van der Waals surface area contributed by atoms with Crippen LogP contribution in [-0.4, -0.2) is 11.3 Å². The van der Waals surface area contributed by atoms with E-state index in [-0.39, 0.29) is 5.78 Å². The van der Waals surface area contributed by atoms with Crippen LogP contribution in [0.1, 0.15) is 6.92 Å². The Kier molecular flexibility index (Phi) is 3.58. The van der Waals surface area contributed by atoms with Gasteiger partial charge in [0.25, 0.3) is 0 Å². The van der Waals surface area contributed by atoms with Crippen molar-refractivity contribution >= 4 is 29.0 Å². The first-order chi connectivity index (χ1) is 6.09. The molecule has 0 aromatic heterocycles. The van der Waals surface area contributed by atoms with Gasteiger partial charge in [0.15, 0.2) is 5.78 Å². The lowest BCUT2D eigenvalue weighted by Gasteiger charge is -2.08. The van der Waals surface area contributed by atoms with Gasteiger partial charge in [0.1, 0.15) is 5.75 Å². The van der Waals surface area contributed by atoms with E-state index in [9.17, 15) is 4.79 Å². The van der Waals surface area contributed by atoms with Crippen LogP contribution in [0.3, 0.4) is 0 Å². The first kappa shape index (κ1) is 10.4. The van der Waals surface area contributed by atoms with Gasteiger partial charge in [-0.3, -0.25) is 4.79 Å². The van der Waals surface area contributed by atoms with Gasteiger partial charge in [-0.25, -0.2) is 0 Å². The van der Waals surface area contributed by atoms with E-state index in [1.165, 1.54) is 6.92 Å². The van der Waals surface area contributed by atoms with Crippen molar-refractivity contribution in [3.8, 4) is 5.75 Å². The zero-order valence-electron chi connectivity index (χ0n) is 6.96. The molecule has 0 heterocycles. The van der Waals surface area contributed by atoms with Crippen LogP contribution in [0, 0.1) is 0 Å². The molecule has 0 amide bonds. The first-order valence-corrected chi connectivity index (χ1v) is 4.48. The summed E-state index contributed by atoms with van der Waals surface area (Å²) >= 11 is 11.2. The zero-order chi connectivity index (χ0) is 9.84. The third-order valence-corrected chi connectivity index (χ3v) is 2.02. The Morgan fingerprint density at radius 2 is 1.92 bits per heavy atom. The standard InChI is InChI=1S/C9H8Cl2O2/c1-6(12)9(11)13-8-4-2-7(10)3-5-8/h2-5,9H,1H3. The minimum absolute atomic E-state index is 0.225. The number of hydrogen-bond donors (Lipinski definition) is 0. The Morgan fingerprint density at radius 3 is 2.38 bits per heavy atom.